The second kappa shape index (κ2) is 5.97. The first kappa shape index (κ1) is 15.1. The van der Waals surface area contributed by atoms with Crippen LogP contribution >= 0.6 is 11.3 Å². The lowest BCUT2D eigenvalue weighted by molar-refractivity contribution is 0.102. The molecule has 1 N–H and O–H groups in total. The molecule has 5 rings (SSSR count). The van der Waals surface area contributed by atoms with Crippen LogP contribution in [0.15, 0.2) is 84.9 Å². The first-order valence-corrected chi connectivity index (χ1v) is 9.32. The highest BCUT2D eigenvalue weighted by Gasteiger charge is 2.16. The third kappa shape index (κ3) is 2.37. The zero-order valence-electron chi connectivity index (χ0n) is 13.9. The van der Waals surface area contributed by atoms with Gasteiger partial charge in [-0.3, -0.25) is 4.79 Å². The second-order valence-electron chi connectivity index (χ2n) is 6.26. The Morgan fingerprint density at radius 3 is 2.15 bits per heavy atom. The average molecular weight is 353 g/mol. The summed E-state index contributed by atoms with van der Waals surface area (Å²) in [6.45, 7) is 0. The Morgan fingerprint density at radius 2 is 1.35 bits per heavy atom. The molecule has 3 heteroatoms. The number of carbonyl (C=O) groups is 1. The number of rotatable bonds is 2. The monoisotopic (exact) mass is 353 g/mol. The second-order valence-corrected chi connectivity index (χ2v) is 7.34. The van der Waals surface area contributed by atoms with Crippen LogP contribution in [-0.4, -0.2) is 5.91 Å². The molecule has 2 nitrogen and oxygen atoms in total. The van der Waals surface area contributed by atoms with Gasteiger partial charge in [-0.2, -0.15) is 0 Å². The number of amides is 1. The van der Waals surface area contributed by atoms with Crippen molar-refractivity contribution < 1.29 is 4.79 Å². The number of fused-ring (bicyclic) bond motifs is 5. The third-order valence-electron chi connectivity index (χ3n) is 4.66. The van der Waals surface area contributed by atoms with E-state index < -0.39 is 0 Å². The van der Waals surface area contributed by atoms with Gasteiger partial charge in [0.25, 0.3) is 5.91 Å². The maximum absolute atomic E-state index is 13.0. The van der Waals surface area contributed by atoms with Crippen molar-refractivity contribution in [3.05, 3.63) is 90.5 Å². The van der Waals surface area contributed by atoms with Crippen LogP contribution in [0.1, 0.15) is 10.4 Å². The lowest BCUT2D eigenvalue weighted by Crippen LogP contribution is -2.12. The maximum Gasteiger partial charge on any atom is 0.256 e. The summed E-state index contributed by atoms with van der Waals surface area (Å²) in [6.07, 6.45) is 0. The van der Waals surface area contributed by atoms with Gasteiger partial charge in [0.05, 0.1) is 0 Å². The Labute approximate surface area is 154 Å². The fourth-order valence-electron chi connectivity index (χ4n) is 3.50. The van der Waals surface area contributed by atoms with E-state index in [2.05, 4.69) is 35.6 Å². The maximum atomic E-state index is 13.0. The normalized spacial score (nSPS) is 11.2. The summed E-state index contributed by atoms with van der Waals surface area (Å²) in [4.78, 5) is 13.0. The largest absolute Gasteiger partial charge is 0.322 e. The molecule has 0 unspecified atom stereocenters. The summed E-state index contributed by atoms with van der Waals surface area (Å²) in [5.74, 6) is -0.0771. The lowest BCUT2D eigenvalue weighted by Gasteiger charge is -2.09. The molecule has 0 radical (unpaired) electrons. The van der Waals surface area contributed by atoms with Gasteiger partial charge in [-0.05, 0) is 35.0 Å². The number of anilines is 1. The number of hydrogen-bond acceptors (Lipinski definition) is 2. The summed E-state index contributed by atoms with van der Waals surface area (Å²) >= 11 is 1.73. The predicted molar refractivity (Wildman–Crippen MR) is 111 cm³/mol. The highest BCUT2D eigenvalue weighted by Crippen LogP contribution is 2.39. The molecule has 0 fully saturated rings. The van der Waals surface area contributed by atoms with Crippen LogP contribution in [0.5, 0.6) is 0 Å². The molecule has 0 bridgehead atoms. The minimum Gasteiger partial charge on any atom is -0.322 e. The van der Waals surface area contributed by atoms with Crippen molar-refractivity contribution in [2.45, 2.75) is 0 Å². The van der Waals surface area contributed by atoms with E-state index >= 15 is 0 Å². The van der Waals surface area contributed by atoms with Gasteiger partial charge in [0, 0.05) is 31.4 Å². The molecule has 0 atom stereocenters. The third-order valence-corrected chi connectivity index (χ3v) is 5.78. The van der Waals surface area contributed by atoms with Crippen LogP contribution in [-0.2, 0) is 0 Å². The molecule has 1 heterocycles. The fraction of sp³-hybridized carbons (Fsp3) is 0. The van der Waals surface area contributed by atoms with Crippen molar-refractivity contribution >= 4 is 53.9 Å². The molecule has 26 heavy (non-hydrogen) atoms. The van der Waals surface area contributed by atoms with Gasteiger partial charge in [0.1, 0.15) is 0 Å². The Hall–Kier alpha value is -3.17. The van der Waals surface area contributed by atoms with Crippen LogP contribution in [0.4, 0.5) is 5.69 Å². The molecule has 1 aromatic heterocycles. The van der Waals surface area contributed by atoms with Crippen LogP contribution in [0, 0.1) is 0 Å². The Balaban J connectivity index is 1.77. The van der Waals surface area contributed by atoms with Gasteiger partial charge in [-0.25, -0.2) is 0 Å². The molecule has 0 aliphatic carbocycles. The molecule has 4 aromatic carbocycles. The molecule has 0 aliphatic rings. The van der Waals surface area contributed by atoms with E-state index in [1.165, 1.54) is 15.5 Å². The fourth-order valence-corrected chi connectivity index (χ4v) is 4.66. The minimum absolute atomic E-state index is 0.0771. The van der Waals surface area contributed by atoms with Crippen molar-refractivity contribution in [3.63, 3.8) is 0 Å². The van der Waals surface area contributed by atoms with E-state index in [1.807, 2.05) is 54.6 Å². The summed E-state index contributed by atoms with van der Waals surface area (Å²) in [5, 5.41) is 7.61. The van der Waals surface area contributed by atoms with Crippen molar-refractivity contribution in [3.8, 4) is 0 Å². The van der Waals surface area contributed by atoms with Crippen LogP contribution in [0.25, 0.3) is 30.9 Å². The minimum atomic E-state index is -0.0771. The molecule has 1 amide bonds. The molecule has 0 saturated heterocycles. The number of nitrogens with one attached hydrogen (secondary N) is 1. The zero-order valence-corrected chi connectivity index (χ0v) is 14.7. The number of benzene rings is 4. The zero-order chi connectivity index (χ0) is 17.5. The molecular weight excluding hydrogens is 338 g/mol. The van der Waals surface area contributed by atoms with E-state index in [0.29, 0.717) is 5.56 Å². The van der Waals surface area contributed by atoms with Gasteiger partial charge in [-0.1, -0.05) is 60.7 Å². The molecule has 0 spiro atoms. The smallest absolute Gasteiger partial charge is 0.256 e. The Kier molecular flexibility index (Phi) is 3.47. The topological polar surface area (TPSA) is 29.1 Å². The Morgan fingerprint density at radius 1 is 0.692 bits per heavy atom. The average Bonchev–Trinajstić information content (AvgIpc) is 3.07. The van der Waals surface area contributed by atoms with Gasteiger partial charge < -0.3 is 5.32 Å². The van der Waals surface area contributed by atoms with E-state index in [-0.39, 0.29) is 5.91 Å². The summed E-state index contributed by atoms with van der Waals surface area (Å²) in [7, 11) is 0. The summed E-state index contributed by atoms with van der Waals surface area (Å²) in [5.41, 5.74) is 1.52. The molecule has 124 valence electrons. The van der Waals surface area contributed by atoms with E-state index in [0.717, 1.165) is 21.2 Å². The standard InChI is InChI=1S/C23H15NOS/c25-23(24-15-8-2-1-3-9-15)19-14-21-22(17-11-5-4-10-16(17)19)18-12-6-7-13-20(18)26-21/h1-14H,(H,24,25). The Bertz CT molecular complexity index is 1270. The number of carbonyl (C=O) groups excluding carboxylic acids is 1. The van der Waals surface area contributed by atoms with Crippen molar-refractivity contribution in [2.75, 3.05) is 5.32 Å². The van der Waals surface area contributed by atoms with Gasteiger partial charge >= 0.3 is 0 Å². The first-order chi connectivity index (χ1) is 12.8. The lowest BCUT2D eigenvalue weighted by atomic mass is 9.99. The highest BCUT2D eigenvalue weighted by molar-refractivity contribution is 7.26. The number of thiophene rings is 1. The quantitative estimate of drug-likeness (QED) is 0.388. The van der Waals surface area contributed by atoms with E-state index in [1.54, 1.807) is 11.3 Å². The van der Waals surface area contributed by atoms with Crippen molar-refractivity contribution in [1.29, 1.82) is 0 Å². The number of para-hydroxylation sites is 1. The van der Waals surface area contributed by atoms with Gasteiger partial charge in [-0.15, -0.1) is 11.3 Å². The molecule has 0 saturated carbocycles. The van der Waals surface area contributed by atoms with Crippen LogP contribution in [0.2, 0.25) is 0 Å². The van der Waals surface area contributed by atoms with Gasteiger partial charge in [0.15, 0.2) is 0 Å². The summed E-state index contributed by atoms with van der Waals surface area (Å²) in [6, 6.07) is 28.2. The summed E-state index contributed by atoms with van der Waals surface area (Å²) < 4.78 is 2.39. The predicted octanol–water partition coefficient (Wildman–Crippen LogP) is 6.46. The molecule has 0 aliphatic heterocycles. The van der Waals surface area contributed by atoms with Crippen molar-refractivity contribution in [1.82, 2.24) is 0 Å². The molecule has 5 aromatic rings. The number of hydrogen-bond donors (Lipinski definition) is 1. The van der Waals surface area contributed by atoms with Crippen LogP contribution < -0.4 is 5.32 Å². The van der Waals surface area contributed by atoms with Crippen molar-refractivity contribution in [2.24, 2.45) is 0 Å². The van der Waals surface area contributed by atoms with E-state index in [4.69, 9.17) is 0 Å². The highest BCUT2D eigenvalue weighted by atomic mass is 32.1. The van der Waals surface area contributed by atoms with Gasteiger partial charge in [0.2, 0.25) is 0 Å². The SMILES string of the molecule is O=C(Nc1ccccc1)c1cc2sc3ccccc3c2c2ccccc12. The first-order valence-electron chi connectivity index (χ1n) is 8.51. The van der Waals surface area contributed by atoms with E-state index in [9.17, 15) is 4.79 Å². The molecular formula is C23H15NOS. The van der Waals surface area contributed by atoms with Crippen LogP contribution in [0.3, 0.4) is 0 Å².